The first-order valence-corrected chi connectivity index (χ1v) is 7.96. The van der Waals surface area contributed by atoms with Crippen LogP contribution in [0.15, 0.2) is 0 Å². The van der Waals surface area contributed by atoms with E-state index in [1.807, 2.05) is 6.92 Å². The third-order valence-corrected chi connectivity index (χ3v) is 4.57. The van der Waals surface area contributed by atoms with E-state index in [4.69, 9.17) is 5.73 Å². The number of hydrogen-bond acceptors (Lipinski definition) is 4. The summed E-state index contributed by atoms with van der Waals surface area (Å²) in [7, 11) is -3.36. The first-order chi connectivity index (χ1) is 7.91. The van der Waals surface area contributed by atoms with E-state index in [0.717, 1.165) is 13.1 Å². The van der Waals surface area contributed by atoms with Crippen molar-refractivity contribution in [1.29, 1.82) is 0 Å². The summed E-state index contributed by atoms with van der Waals surface area (Å²) in [5, 5.41) is 0. The largest absolute Gasteiger partial charge is 0.392 e. The van der Waals surface area contributed by atoms with Gasteiger partial charge in [-0.3, -0.25) is 4.90 Å². The van der Waals surface area contributed by atoms with Gasteiger partial charge in [0.1, 0.15) is 5.75 Å². The molecule has 0 aromatic carbocycles. The molecule has 1 heterocycles. The van der Waals surface area contributed by atoms with E-state index in [-0.39, 0.29) is 16.8 Å². The molecule has 0 saturated carbocycles. The summed E-state index contributed by atoms with van der Waals surface area (Å²) in [6.45, 7) is 4.57. The van der Waals surface area contributed by atoms with Gasteiger partial charge in [0.25, 0.3) is 0 Å². The van der Waals surface area contributed by atoms with E-state index in [2.05, 4.69) is 21.8 Å². The summed E-state index contributed by atoms with van der Waals surface area (Å²) in [6.07, 6.45) is 3.67. The van der Waals surface area contributed by atoms with Crippen molar-refractivity contribution in [2.24, 2.45) is 5.73 Å². The molecule has 1 atom stereocenters. The molecular formula is C10H21N3O2S2. The molecule has 0 spiro atoms. The van der Waals surface area contributed by atoms with Gasteiger partial charge in [-0.15, -0.1) is 0 Å². The van der Waals surface area contributed by atoms with Gasteiger partial charge < -0.3 is 5.73 Å². The molecule has 0 radical (unpaired) electrons. The summed E-state index contributed by atoms with van der Waals surface area (Å²) in [6, 6.07) is 0.219. The highest BCUT2D eigenvalue weighted by atomic mass is 32.2. The number of rotatable bonds is 6. The minimum absolute atomic E-state index is 0.00289. The van der Waals surface area contributed by atoms with Crippen molar-refractivity contribution in [3.63, 3.8) is 0 Å². The Kier molecular flexibility index (Phi) is 5.78. The first kappa shape index (κ1) is 14.8. The Morgan fingerprint density at radius 3 is 2.53 bits per heavy atom. The Morgan fingerprint density at radius 1 is 1.41 bits per heavy atom. The quantitative estimate of drug-likeness (QED) is 0.673. The van der Waals surface area contributed by atoms with Crippen molar-refractivity contribution in [1.82, 2.24) is 9.62 Å². The number of hydrogen-bond donors (Lipinski definition) is 2. The molecule has 17 heavy (non-hydrogen) atoms. The molecule has 0 aromatic heterocycles. The Hall–Kier alpha value is -0.240. The first-order valence-electron chi connectivity index (χ1n) is 5.90. The number of nitrogens with two attached hydrogens (primary N) is 1. The van der Waals surface area contributed by atoms with Gasteiger partial charge in [-0.2, -0.15) is 0 Å². The molecule has 1 aliphatic rings. The highest BCUT2D eigenvalue weighted by molar-refractivity contribution is 7.92. The third-order valence-electron chi connectivity index (χ3n) is 2.94. The van der Waals surface area contributed by atoms with Gasteiger partial charge >= 0.3 is 0 Å². The van der Waals surface area contributed by atoms with Crippen LogP contribution in [0.5, 0.6) is 0 Å². The lowest BCUT2D eigenvalue weighted by Crippen LogP contribution is -2.45. The van der Waals surface area contributed by atoms with Crippen LogP contribution in [0.2, 0.25) is 0 Å². The normalized spacial score (nSPS) is 20.1. The molecular weight excluding hydrogens is 258 g/mol. The topological polar surface area (TPSA) is 75.4 Å². The molecule has 1 rings (SSSR count). The fourth-order valence-corrected chi connectivity index (χ4v) is 3.41. The lowest BCUT2D eigenvalue weighted by Gasteiger charge is -2.32. The zero-order chi connectivity index (χ0) is 12.9. The van der Waals surface area contributed by atoms with Crippen LogP contribution in [0.3, 0.4) is 0 Å². The molecule has 1 fully saturated rings. The maximum Gasteiger partial charge on any atom is 0.218 e. The summed E-state index contributed by atoms with van der Waals surface area (Å²) in [4.78, 5) is 2.32. The molecule has 3 N–H and O–H groups in total. The summed E-state index contributed by atoms with van der Waals surface area (Å²) in [5.74, 6) is -0.269. The number of nitrogens with zero attached hydrogens (tertiary/aromatic N) is 1. The highest BCUT2D eigenvalue weighted by Gasteiger charge is 2.19. The van der Waals surface area contributed by atoms with Gasteiger partial charge in [-0.05, 0) is 32.9 Å². The third kappa shape index (κ3) is 5.76. The highest BCUT2D eigenvalue weighted by Crippen LogP contribution is 2.11. The number of thiocarbonyl (C=S) groups is 1. The van der Waals surface area contributed by atoms with Crippen LogP contribution in [-0.2, 0) is 10.0 Å². The Balaban J connectivity index is 2.36. The lowest BCUT2D eigenvalue weighted by atomic mass is 10.1. The van der Waals surface area contributed by atoms with E-state index in [9.17, 15) is 8.42 Å². The number of sulfonamides is 1. The van der Waals surface area contributed by atoms with Crippen molar-refractivity contribution in [3.8, 4) is 0 Å². The minimum atomic E-state index is -3.36. The van der Waals surface area contributed by atoms with Gasteiger partial charge in [0, 0.05) is 12.6 Å². The molecule has 1 unspecified atom stereocenters. The predicted octanol–water partition coefficient (Wildman–Crippen LogP) is 0.0663. The maximum absolute atomic E-state index is 11.5. The fourth-order valence-electron chi connectivity index (χ4n) is 1.97. The van der Waals surface area contributed by atoms with Crippen LogP contribution < -0.4 is 10.5 Å². The zero-order valence-electron chi connectivity index (χ0n) is 10.2. The smallest absolute Gasteiger partial charge is 0.218 e. The average molecular weight is 279 g/mol. The SMILES string of the molecule is CC(CNS(=O)(=O)CC(N)=S)N1CCCCC1. The van der Waals surface area contributed by atoms with E-state index in [1.54, 1.807) is 0 Å². The van der Waals surface area contributed by atoms with Gasteiger partial charge in [-0.25, -0.2) is 13.1 Å². The summed E-state index contributed by atoms with van der Waals surface area (Å²) < 4.78 is 25.6. The van der Waals surface area contributed by atoms with Crippen molar-refractivity contribution >= 4 is 27.2 Å². The number of likely N-dealkylation sites (tertiary alicyclic amines) is 1. The average Bonchev–Trinajstić information content (AvgIpc) is 2.25. The number of piperidine rings is 1. The van der Waals surface area contributed by atoms with Gasteiger partial charge in [0.2, 0.25) is 10.0 Å². The van der Waals surface area contributed by atoms with Crippen molar-refractivity contribution in [2.45, 2.75) is 32.2 Å². The van der Waals surface area contributed by atoms with E-state index in [1.165, 1.54) is 19.3 Å². The van der Waals surface area contributed by atoms with Gasteiger partial charge in [-0.1, -0.05) is 18.6 Å². The molecule has 5 nitrogen and oxygen atoms in total. The molecule has 0 bridgehead atoms. The monoisotopic (exact) mass is 279 g/mol. The van der Waals surface area contributed by atoms with E-state index < -0.39 is 10.0 Å². The van der Waals surface area contributed by atoms with Crippen molar-refractivity contribution < 1.29 is 8.42 Å². The Morgan fingerprint density at radius 2 is 2.00 bits per heavy atom. The minimum Gasteiger partial charge on any atom is -0.392 e. The summed E-state index contributed by atoms with van der Waals surface area (Å²) >= 11 is 4.60. The van der Waals surface area contributed by atoms with E-state index >= 15 is 0 Å². The molecule has 0 aromatic rings. The standard InChI is InChI=1S/C10H21N3O2S2/c1-9(13-5-3-2-4-6-13)7-12-17(14,15)8-10(11)16/h9,12H,2-8H2,1H3,(H2,11,16). The maximum atomic E-state index is 11.5. The molecule has 1 saturated heterocycles. The number of nitrogens with one attached hydrogen (secondary N) is 1. The lowest BCUT2D eigenvalue weighted by molar-refractivity contribution is 0.175. The Labute approximate surface area is 109 Å². The second-order valence-electron chi connectivity index (χ2n) is 4.52. The second kappa shape index (κ2) is 6.63. The fraction of sp³-hybridized carbons (Fsp3) is 0.900. The Bertz CT molecular complexity index is 351. The molecule has 100 valence electrons. The van der Waals surface area contributed by atoms with Crippen LogP contribution >= 0.6 is 12.2 Å². The summed E-state index contributed by atoms with van der Waals surface area (Å²) in [5.41, 5.74) is 5.23. The van der Waals surface area contributed by atoms with Crippen LogP contribution in [0.25, 0.3) is 0 Å². The molecule has 0 amide bonds. The predicted molar refractivity (Wildman–Crippen MR) is 73.5 cm³/mol. The second-order valence-corrected chi connectivity index (χ2v) is 6.85. The van der Waals surface area contributed by atoms with Crippen LogP contribution in [-0.4, -0.2) is 49.7 Å². The molecule has 7 heteroatoms. The van der Waals surface area contributed by atoms with Gasteiger partial charge in [0.15, 0.2) is 0 Å². The molecule has 1 aliphatic heterocycles. The molecule has 0 aliphatic carbocycles. The van der Waals surface area contributed by atoms with Gasteiger partial charge in [0.05, 0.1) is 4.99 Å². The van der Waals surface area contributed by atoms with Crippen molar-refractivity contribution in [3.05, 3.63) is 0 Å². The van der Waals surface area contributed by atoms with Crippen LogP contribution in [0.1, 0.15) is 26.2 Å². The van der Waals surface area contributed by atoms with Crippen molar-refractivity contribution in [2.75, 3.05) is 25.4 Å². The van der Waals surface area contributed by atoms with Crippen LogP contribution in [0, 0.1) is 0 Å². The van der Waals surface area contributed by atoms with E-state index in [0.29, 0.717) is 6.54 Å². The zero-order valence-corrected chi connectivity index (χ0v) is 11.8. The van der Waals surface area contributed by atoms with Crippen LogP contribution in [0.4, 0.5) is 0 Å².